The average molecular weight is 382 g/mol. The molecule has 0 unspecified atom stereocenters. The number of benzene rings is 1. The van der Waals surface area contributed by atoms with E-state index in [-0.39, 0.29) is 24.0 Å². The number of anilines is 1. The number of nitrogens with one attached hydrogen (secondary N) is 2. The molecule has 7 heteroatoms. The van der Waals surface area contributed by atoms with Gasteiger partial charge in [-0.25, -0.2) is 0 Å². The summed E-state index contributed by atoms with van der Waals surface area (Å²) < 4.78 is 1.30. The molecule has 1 saturated heterocycles. The van der Waals surface area contributed by atoms with Crippen LogP contribution in [0, 0.1) is 0 Å². The molecular weight excluding hydrogens is 356 g/mol. The van der Waals surface area contributed by atoms with Gasteiger partial charge in [0.1, 0.15) is 12.2 Å². The summed E-state index contributed by atoms with van der Waals surface area (Å²) in [4.78, 5) is 39.3. The summed E-state index contributed by atoms with van der Waals surface area (Å²) in [6, 6.07) is 11.9. The van der Waals surface area contributed by atoms with Gasteiger partial charge in [-0.05, 0) is 50.2 Å². The van der Waals surface area contributed by atoms with Crippen molar-refractivity contribution >= 4 is 17.5 Å². The Bertz CT molecular complexity index is 857. The second kappa shape index (κ2) is 9.85. The van der Waals surface area contributed by atoms with Crippen LogP contribution in [0.25, 0.3) is 0 Å². The van der Waals surface area contributed by atoms with Crippen LogP contribution in [0.1, 0.15) is 29.6 Å². The SMILES string of the molecule is O=C(Cn1cccc(NC(=O)c2ccccc2)c1=O)NCCN1CCCCC1. The zero-order chi connectivity index (χ0) is 19.8. The fraction of sp³-hybridized carbons (Fsp3) is 0.381. The van der Waals surface area contributed by atoms with Crippen molar-refractivity contribution in [1.29, 1.82) is 0 Å². The Balaban J connectivity index is 1.54. The van der Waals surface area contributed by atoms with Gasteiger partial charge in [-0.15, -0.1) is 0 Å². The third-order valence-corrected chi connectivity index (χ3v) is 4.82. The minimum atomic E-state index is -0.405. The third kappa shape index (κ3) is 5.53. The highest BCUT2D eigenvalue weighted by atomic mass is 16.2. The predicted molar refractivity (Wildman–Crippen MR) is 108 cm³/mol. The summed E-state index contributed by atoms with van der Waals surface area (Å²) in [7, 11) is 0. The van der Waals surface area contributed by atoms with E-state index in [1.165, 1.54) is 29.9 Å². The molecule has 2 N–H and O–H groups in total. The summed E-state index contributed by atoms with van der Waals surface area (Å²) in [5.41, 5.74) is 0.211. The molecule has 0 aliphatic carbocycles. The van der Waals surface area contributed by atoms with Crippen molar-refractivity contribution in [2.45, 2.75) is 25.8 Å². The van der Waals surface area contributed by atoms with Gasteiger partial charge in [-0.3, -0.25) is 14.4 Å². The van der Waals surface area contributed by atoms with Gasteiger partial charge in [-0.1, -0.05) is 24.6 Å². The second-order valence-corrected chi connectivity index (χ2v) is 6.93. The maximum atomic E-state index is 12.6. The zero-order valence-electron chi connectivity index (χ0n) is 15.9. The molecule has 0 radical (unpaired) electrons. The number of pyridine rings is 1. The number of rotatable bonds is 7. The van der Waals surface area contributed by atoms with Gasteiger partial charge < -0.3 is 20.1 Å². The van der Waals surface area contributed by atoms with Gasteiger partial charge >= 0.3 is 0 Å². The number of hydrogen-bond donors (Lipinski definition) is 2. The van der Waals surface area contributed by atoms with E-state index in [0.29, 0.717) is 12.1 Å². The minimum Gasteiger partial charge on any atom is -0.353 e. The summed E-state index contributed by atoms with van der Waals surface area (Å²) >= 11 is 0. The van der Waals surface area contributed by atoms with Crippen LogP contribution in [0.3, 0.4) is 0 Å². The number of hydrogen-bond acceptors (Lipinski definition) is 4. The molecule has 1 aliphatic rings. The lowest BCUT2D eigenvalue weighted by Crippen LogP contribution is -2.39. The first-order valence-electron chi connectivity index (χ1n) is 9.68. The van der Waals surface area contributed by atoms with Crippen LogP contribution in [0.15, 0.2) is 53.5 Å². The Kier molecular flexibility index (Phi) is 6.97. The number of likely N-dealkylation sites (tertiary alicyclic amines) is 1. The molecule has 148 valence electrons. The number of carbonyl (C=O) groups is 2. The maximum Gasteiger partial charge on any atom is 0.274 e. The number of amides is 2. The highest BCUT2D eigenvalue weighted by Gasteiger charge is 2.12. The lowest BCUT2D eigenvalue weighted by molar-refractivity contribution is -0.121. The normalized spacial score (nSPS) is 14.4. The standard InChI is InChI=1S/C21H26N4O3/c26-19(22-11-15-24-12-5-2-6-13-24)16-25-14-7-10-18(21(25)28)23-20(27)17-8-3-1-4-9-17/h1,3-4,7-10,14H,2,5-6,11-13,15-16H2,(H,22,26)(H,23,27). The lowest BCUT2D eigenvalue weighted by atomic mass is 10.1. The van der Waals surface area contributed by atoms with Gasteiger partial charge in [0.25, 0.3) is 11.5 Å². The van der Waals surface area contributed by atoms with E-state index in [4.69, 9.17) is 0 Å². The van der Waals surface area contributed by atoms with Crippen LogP contribution in [0.4, 0.5) is 5.69 Å². The van der Waals surface area contributed by atoms with E-state index in [2.05, 4.69) is 15.5 Å². The first kappa shape index (κ1) is 19.8. The number of carbonyl (C=O) groups excluding carboxylic acids is 2. The molecule has 0 atom stereocenters. The zero-order valence-corrected chi connectivity index (χ0v) is 15.9. The smallest absolute Gasteiger partial charge is 0.274 e. The minimum absolute atomic E-state index is 0.0755. The quantitative estimate of drug-likeness (QED) is 0.764. The fourth-order valence-corrected chi connectivity index (χ4v) is 3.29. The van der Waals surface area contributed by atoms with Crippen LogP contribution in [0.5, 0.6) is 0 Å². The summed E-state index contributed by atoms with van der Waals surface area (Å²) in [6.07, 6.45) is 5.25. The molecule has 0 spiro atoms. The molecule has 2 heterocycles. The van der Waals surface area contributed by atoms with Gasteiger partial charge in [0.15, 0.2) is 0 Å². The largest absolute Gasteiger partial charge is 0.353 e. The molecule has 3 rings (SSSR count). The lowest BCUT2D eigenvalue weighted by Gasteiger charge is -2.26. The van der Waals surface area contributed by atoms with Gasteiger partial charge in [0, 0.05) is 24.8 Å². The van der Waals surface area contributed by atoms with Crippen molar-refractivity contribution in [3.8, 4) is 0 Å². The molecule has 1 fully saturated rings. The third-order valence-electron chi connectivity index (χ3n) is 4.82. The summed E-state index contributed by atoms with van der Waals surface area (Å²) in [5, 5.41) is 5.48. The van der Waals surface area contributed by atoms with E-state index in [0.717, 1.165) is 19.6 Å². The molecule has 1 aromatic heterocycles. The molecule has 1 aliphatic heterocycles. The first-order chi connectivity index (χ1) is 13.6. The van der Waals surface area contributed by atoms with Crippen molar-refractivity contribution in [2.75, 3.05) is 31.5 Å². The number of piperidine rings is 1. The Morgan fingerprint density at radius 3 is 2.46 bits per heavy atom. The van der Waals surface area contributed by atoms with E-state index in [1.807, 2.05) is 6.07 Å². The van der Waals surface area contributed by atoms with Crippen LogP contribution in [-0.4, -0.2) is 47.5 Å². The van der Waals surface area contributed by atoms with E-state index in [1.54, 1.807) is 36.5 Å². The van der Waals surface area contributed by atoms with Gasteiger partial charge in [-0.2, -0.15) is 0 Å². The molecular formula is C21H26N4O3. The average Bonchev–Trinajstić information content (AvgIpc) is 2.72. The first-order valence-corrected chi connectivity index (χ1v) is 9.68. The number of aromatic nitrogens is 1. The molecule has 7 nitrogen and oxygen atoms in total. The molecule has 0 saturated carbocycles. The van der Waals surface area contributed by atoms with Crippen LogP contribution >= 0.6 is 0 Å². The van der Waals surface area contributed by atoms with Gasteiger partial charge in [0.2, 0.25) is 5.91 Å². The molecule has 2 aromatic rings. The van der Waals surface area contributed by atoms with Crippen LogP contribution in [-0.2, 0) is 11.3 Å². The fourth-order valence-electron chi connectivity index (χ4n) is 3.29. The Morgan fingerprint density at radius 1 is 0.964 bits per heavy atom. The number of nitrogens with zero attached hydrogens (tertiary/aromatic N) is 2. The molecule has 28 heavy (non-hydrogen) atoms. The van der Waals surface area contributed by atoms with E-state index >= 15 is 0 Å². The monoisotopic (exact) mass is 382 g/mol. The summed E-state index contributed by atoms with van der Waals surface area (Å²) in [5.74, 6) is -0.577. The van der Waals surface area contributed by atoms with Crippen molar-refractivity contribution in [3.63, 3.8) is 0 Å². The molecule has 2 amide bonds. The highest BCUT2D eigenvalue weighted by molar-refractivity contribution is 6.04. The van der Waals surface area contributed by atoms with Crippen LogP contribution < -0.4 is 16.2 Å². The Morgan fingerprint density at radius 2 is 1.71 bits per heavy atom. The van der Waals surface area contributed by atoms with Crippen molar-refractivity contribution < 1.29 is 9.59 Å². The van der Waals surface area contributed by atoms with E-state index in [9.17, 15) is 14.4 Å². The summed E-state index contributed by atoms with van der Waals surface area (Å²) in [6.45, 7) is 3.48. The van der Waals surface area contributed by atoms with Gasteiger partial charge in [0.05, 0.1) is 0 Å². The topological polar surface area (TPSA) is 83.4 Å². The second-order valence-electron chi connectivity index (χ2n) is 6.93. The van der Waals surface area contributed by atoms with Crippen molar-refractivity contribution in [1.82, 2.24) is 14.8 Å². The molecule has 1 aromatic carbocycles. The Labute approximate surface area is 164 Å². The maximum absolute atomic E-state index is 12.6. The Hall–Kier alpha value is -2.93. The van der Waals surface area contributed by atoms with Crippen molar-refractivity contribution in [2.24, 2.45) is 0 Å². The van der Waals surface area contributed by atoms with Crippen LogP contribution in [0.2, 0.25) is 0 Å². The highest BCUT2D eigenvalue weighted by Crippen LogP contribution is 2.07. The van der Waals surface area contributed by atoms with E-state index < -0.39 is 5.56 Å². The predicted octanol–water partition coefficient (Wildman–Crippen LogP) is 1.70. The van der Waals surface area contributed by atoms with Crippen molar-refractivity contribution in [3.05, 3.63) is 64.6 Å². The molecule has 0 bridgehead atoms.